The molecule has 0 bridgehead atoms. The van der Waals surface area contributed by atoms with Crippen LogP contribution in [0.15, 0.2) is 54.6 Å². The molecular weight excluding hydrogens is 360 g/mol. The zero-order chi connectivity index (χ0) is 20.2. The number of carbonyl (C=O) groups excluding carboxylic acids is 1. The van der Waals surface area contributed by atoms with Crippen molar-refractivity contribution < 1.29 is 9.53 Å². The fourth-order valence-corrected chi connectivity index (χ4v) is 5.17. The van der Waals surface area contributed by atoms with E-state index in [2.05, 4.69) is 53.2 Å². The van der Waals surface area contributed by atoms with E-state index in [0.717, 1.165) is 44.6 Å². The number of aryl methyl sites for hydroxylation is 1. The summed E-state index contributed by atoms with van der Waals surface area (Å²) < 4.78 is 5.30. The summed E-state index contributed by atoms with van der Waals surface area (Å²) in [5, 5.41) is 0. The number of carbonyl (C=O) groups is 1. The third-order valence-corrected chi connectivity index (χ3v) is 6.65. The number of fused-ring (bicyclic) bond motifs is 1. The normalized spacial score (nSPS) is 23.9. The smallest absolute Gasteiger partial charge is 0.222 e. The minimum atomic E-state index is 0.337. The molecule has 0 radical (unpaired) electrons. The molecule has 0 N–H and O–H groups in total. The van der Waals surface area contributed by atoms with Gasteiger partial charge in [0.05, 0.1) is 7.11 Å². The van der Waals surface area contributed by atoms with Crippen molar-refractivity contribution in [2.45, 2.75) is 31.7 Å². The van der Waals surface area contributed by atoms with Gasteiger partial charge in [0.1, 0.15) is 5.75 Å². The van der Waals surface area contributed by atoms with Crippen LogP contribution in [0.1, 0.15) is 36.4 Å². The van der Waals surface area contributed by atoms with E-state index in [4.69, 9.17) is 4.74 Å². The van der Waals surface area contributed by atoms with Crippen LogP contribution in [0.25, 0.3) is 0 Å². The number of rotatable bonds is 7. The van der Waals surface area contributed by atoms with E-state index < -0.39 is 0 Å². The van der Waals surface area contributed by atoms with Crippen LogP contribution in [0.5, 0.6) is 5.75 Å². The van der Waals surface area contributed by atoms with Gasteiger partial charge in [-0.3, -0.25) is 9.69 Å². The number of likely N-dealkylation sites (tertiary alicyclic amines) is 2. The number of amides is 1. The second-order valence-corrected chi connectivity index (χ2v) is 8.57. The molecule has 0 aromatic heterocycles. The molecule has 4 nitrogen and oxygen atoms in total. The Morgan fingerprint density at radius 1 is 1.00 bits per heavy atom. The first kappa shape index (κ1) is 20.0. The Labute approximate surface area is 174 Å². The first-order chi connectivity index (χ1) is 14.2. The second-order valence-electron chi connectivity index (χ2n) is 8.57. The number of hydrogen-bond donors (Lipinski definition) is 0. The summed E-state index contributed by atoms with van der Waals surface area (Å²) in [6, 6.07) is 19.4. The van der Waals surface area contributed by atoms with Gasteiger partial charge in [-0.05, 0) is 55.5 Å². The van der Waals surface area contributed by atoms with Gasteiger partial charge in [0, 0.05) is 38.0 Å². The fourth-order valence-electron chi connectivity index (χ4n) is 5.17. The Balaban J connectivity index is 1.30. The number of nitrogens with zero attached hydrogens (tertiary/aromatic N) is 2. The predicted octanol–water partition coefficient (Wildman–Crippen LogP) is 4.17. The molecule has 0 unspecified atom stereocenters. The van der Waals surface area contributed by atoms with Crippen molar-refractivity contribution in [2.75, 3.05) is 33.8 Å². The highest BCUT2D eigenvalue weighted by Gasteiger charge is 2.46. The quantitative estimate of drug-likeness (QED) is 0.663. The Hall–Kier alpha value is -2.33. The minimum absolute atomic E-state index is 0.337. The van der Waals surface area contributed by atoms with E-state index in [9.17, 15) is 4.79 Å². The number of unbranched alkanes of at least 4 members (excludes halogenated alkanes) is 1. The average Bonchev–Trinajstić information content (AvgIpc) is 3.28. The summed E-state index contributed by atoms with van der Waals surface area (Å²) in [6.07, 6.45) is 3.79. The Morgan fingerprint density at radius 2 is 1.76 bits per heavy atom. The van der Waals surface area contributed by atoms with Gasteiger partial charge in [-0.25, -0.2) is 0 Å². The number of hydrogen-bond acceptors (Lipinski definition) is 3. The summed E-state index contributed by atoms with van der Waals surface area (Å²) >= 11 is 0. The molecule has 1 amide bonds. The molecular formula is C25H32N2O2. The van der Waals surface area contributed by atoms with Gasteiger partial charge in [-0.2, -0.15) is 0 Å². The second kappa shape index (κ2) is 9.00. The van der Waals surface area contributed by atoms with Crippen LogP contribution in [0.3, 0.4) is 0 Å². The lowest BCUT2D eigenvalue weighted by atomic mass is 9.89. The van der Waals surface area contributed by atoms with E-state index in [-0.39, 0.29) is 0 Å². The molecule has 2 aromatic carbocycles. The molecule has 2 saturated heterocycles. The average molecular weight is 393 g/mol. The maximum absolute atomic E-state index is 12.8. The highest BCUT2D eigenvalue weighted by molar-refractivity contribution is 5.76. The first-order valence-electron chi connectivity index (χ1n) is 10.8. The molecule has 2 aliphatic heterocycles. The van der Waals surface area contributed by atoms with Gasteiger partial charge < -0.3 is 9.64 Å². The van der Waals surface area contributed by atoms with Crippen molar-refractivity contribution in [1.29, 1.82) is 0 Å². The summed E-state index contributed by atoms with van der Waals surface area (Å²) in [5.41, 5.74) is 2.69. The van der Waals surface area contributed by atoms with Crippen molar-refractivity contribution in [3.63, 3.8) is 0 Å². The molecule has 2 aliphatic rings. The van der Waals surface area contributed by atoms with E-state index in [1.807, 2.05) is 18.2 Å². The highest BCUT2D eigenvalue weighted by atomic mass is 16.5. The molecule has 4 rings (SSSR count). The van der Waals surface area contributed by atoms with Gasteiger partial charge in [0.15, 0.2) is 0 Å². The topological polar surface area (TPSA) is 32.8 Å². The van der Waals surface area contributed by atoms with Gasteiger partial charge >= 0.3 is 0 Å². The maximum atomic E-state index is 12.8. The van der Waals surface area contributed by atoms with Gasteiger partial charge in [0.25, 0.3) is 0 Å². The Bertz CT molecular complexity index is 805. The first-order valence-corrected chi connectivity index (χ1v) is 10.8. The van der Waals surface area contributed by atoms with Crippen molar-refractivity contribution in [1.82, 2.24) is 9.80 Å². The number of benzene rings is 2. The molecule has 0 spiro atoms. The van der Waals surface area contributed by atoms with E-state index >= 15 is 0 Å². The van der Waals surface area contributed by atoms with Gasteiger partial charge in [-0.1, -0.05) is 42.5 Å². The van der Waals surface area contributed by atoms with Crippen molar-refractivity contribution in [3.8, 4) is 5.75 Å². The molecule has 0 saturated carbocycles. The van der Waals surface area contributed by atoms with Crippen LogP contribution >= 0.6 is 0 Å². The van der Waals surface area contributed by atoms with Gasteiger partial charge in [-0.15, -0.1) is 0 Å². The number of ether oxygens (including phenoxy) is 1. The van der Waals surface area contributed by atoms with Crippen LogP contribution in [-0.4, -0.2) is 49.5 Å². The molecule has 0 aliphatic carbocycles. The van der Waals surface area contributed by atoms with E-state index in [1.165, 1.54) is 11.1 Å². The minimum Gasteiger partial charge on any atom is -0.497 e. The zero-order valence-electron chi connectivity index (χ0n) is 17.6. The molecule has 29 heavy (non-hydrogen) atoms. The van der Waals surface area contributed by atoms with Crippen LogP contribution in [0, 0.1) is 11.8 Å². The lowest BCUT2D eigenvalue weighted by Gasteiger charge is -2.27. The van der Waals surface area contributed by atoms with Crippen LogP contribution in [0.4, 0.5) is 0 Å². The maximum Gasteiger partial charge on any atom is 0.222 e. The predicted molar refractivity (Wildman–Crippen MR) is 116 cm³/mol. The summed E-state index contributed by atoms with van der Waals surface area (Å²) in [4.78, 5) is 17.4. The summed E-state index contributed by atoms with van der Waals surface area (Å²) in [6.45, 7) is 2.88. The van der Waals surface area contributed by atoms with Crippen molar-refractivity contribution in [2.24, 2.45) is 11.8 Å². The largest absolute Gasteiger partial charge is 0.497 e. The standard InChI is InChI=1S/C25H32N2O2/c1-26-16-21-17-27(24(28)11-7-6-10-19-8-4-3-5-9-19)18-23(21)25(26)20-12-14-22(29-2)15-13-20/h3-5,8-9,12-15,21,23,25H,6-7,10-11,16-18H2,1-2H3/t21-,23+,25+/m0/s1. The SMILES string of the molecule is COc1ccc([C@@H]2[C@@H]3CN(C(=O)CCCCc4ccccc4)C[C@@H]3CN2C)cc1. The lowest BCUT2D eigenvalue weighted by Crippen LogP contribution is -2.33. The monoisotopic (exact) mass is 392 g/mol. The van der Waals surface area contributed by atoms with E-state index in [0.29, 0.717) is 30.2 Å². The van der Waals surface area contributed by atoms with E-state index in [1.54, 1.807) is 7.11 Å². The molecule has 4 heteroatoms. The van der Waals surface area contributed by atoms with Crippen LogP contribution < -0.4 is 4.74 Å². The van der Waals surface area contributed by atoms with Crippen LogP contribution in [-0.2, 0) is 11.2 Å². The Morgan fingerprint density at radius 3 is 2.48 bits per heavy atom. The molecule has 3 atom stereocenters. The highest BCUT2D eigenvalue weighted by Crippen LogP contribution is 2.44. The number of methoxy groups -OCH3 is 1. The summed E-state index contributed by atoms with van der Waals surface area (Å²) in [7, 11) is 3.91. The summed E-state index contributed by atoms with van der Waals surface area (Å²) in [5.74, 6) is 2.34. The third-order valence-electron chi connectivity index (χ3n) is 6.65. The molecule has 2 fully saturated rings. The third kappa shape index (κ3) is 4.48. The zero-order valence-corrected chi connectivity index (χ0v) is 17.6. The molecule has 2 heterocycles. The van der Waals surface area contributed by atoms with Crippen molar-refractivity contribution >= 4 is 5.91 Å². The lowest BCUT2D eigenvalue weighted by molar-refractivity contribution is -0.130. The molecule has 154 valence electrons. The Kier molecular flexibility index (Phi) is 6.19. The fraction of sp³-hybridized carbons (Fsp3) is 0.480. The van der Waals surface area contributed by atoms with Gasteiger partial charge in [0.2, 0.25) is 5.91 Å². The van der Waals surface area contributed by atoms with Crippen LogP contribution in [0.2, 0.25) is 0 Å². The van der Waals surface area contributed by atoms with Crippen molar-refractivity contribution in [3.05, 3.63) is 65.7 Å². The molecule has 2 aromatic rings.